The molecule has 1 aromatic carbocycles. The molecular formula is C17H19N5O5S. The maximum Gasteiger partial charge on any atom is 0.281 e. The van der Waals surface area contributed by atoms with E-state index in [-0.39, 0.29) is 16.8 Å². The Morgan fingerprint density at radius 2 is 1.89 bits per heavy atom. The third-order valence-electron chi connectivity index (χ3n) is 4.31. The van der Waals surface area contributed by atoms with Crippen molar-refractivity contribution in [3.8, 4) is 0 Å². The van der Waals surface area contributed by atoms with Crippen LogP contribution in [-0.2, 0) is 4.74 Å². The second kappa shape index (κ2) is 8.31. The number of nitro benzene ring substituents is 1. The zero-order valence-corrected chi connectivity index (χ0v) is 16.2. The average Bonchev–Trinajstić information content (AvgIpc) is 3.08. The van der Waals surface area contributed by atoms with Gasteiger partial charge < -0.3 is 9.64 Å². The van der Waals surface area contributed by atoms with E-state index in [2.05, 4.69) is 15.8 Å². The SMILES string of the molecule is Cc1nc(N2CCOCC2)sc1C(=O)NNC(=O)c1cccc([N+](=O)[O-])c1C. The van der Waals surface area contributed by atoms with Crippen LogP contribution in [0.15, 0.2) is 18.2 Å². The first-order valence-electron chi connectivity index (χ1n) is 8.53. The Hall–Kier alpha value is -3.05. The summed E-state index contributed by atoms with van der Waals surface area (Å²) in [5, 5.41) is 11.7. The van der Waals surface area contributed by atoms with Crippen LogP contribution in [0.5, 0.6) is 0 Å². The smallest absolute Gasteiger partial charge is 0.281 e. The molecule has 3 rings (SSSR count). The summed E-state index contributed by atoms with van der Waals surface area (Å²) < 4.78 is 5.31. The number of nitrogens with one attached hydrogen (secondary N) is 2. The first kappa shape index (κ1) is 19.7. The highest BCUT2D eigenvalue weighted by Crippen LogP contribution is 2.26. The summed E-state index contributed by atoms with van der Waals surface area (Å²) in [7, 11) is 0. The summed E-state index contributed by atoms with van der Waals surface area (Å²) in [6.45, 7) is 5.84. The molecule has 1 aromatic heterocycles. The van der Waals surface area contributed by atoms with Crippen molar-refractivity contribution < 1.29 is 19.2 Å². The number of hydrogen-bond donors (Lipinski definition) is 2. The van der Waals surface area contributed by atoms with Gasteiger partial charge in [-0.15, -0.1) is 0 Å². The topological polar surface area (TPSA) is 127 Å². The molecule has 1 fully saturated rings. The number of ether oxygens (including phenoxy) is 1. The normalized spacial score (nSPS) is 13.9. The van der Waals surface area contributed by atoms with E-state index in [9.17, 15) is 19.7 Å². The molecule has 2 aromatic rings. The van der Waals surface area contributed by atoms with E-state index in [1.807, 2.05) is 4.90 Å². The molecule has 1 aliphatic heterocycles. The summed E-state index contributed by atoms with van der Waals surface area (Å²) in [6.07, 6.45) is 0. The number of hydrazine groups is 1. The first-order chi connectivity index (χ1) is 13.4. The van der Waals surface area contributed by atoms with Crippen LogP contribution in [0.25, 0.3) is 0 Å². The Morgan fingerprint density at radius 3 is 2.57 bits per heavy atom. The molecule has 2 amide bonds. The number of benzene rings is 1. The number of thiazole rings is 1. The van der Waals surface area contributed by atoms with Crippen LogP contribution < -0.4 is 15.8 Å². The summed E-state index contributed by atoms with van der Waals surface area (Å²) in [5.74, 6) is -1.13. The molecule has 0 spiro atoms. The van der Waals surface area contributed by atoms with Gasteiger partial charge in [0, 0.05) is 24.7 Å². The second-order valence-electron chi connectivity index (χ2n) is 6.13. The van der Waals surface area contributed by atoms with E-state index >= 15 is 0 Å². The number of aryl methyl sites for hydroxylation is 1. The van der Waals surface area contributed by atoms with Crippen LogP contribution >= 0.6 is 11.3 Å². The molecule has 28 heavy (non-hydrogen) atoms. The zero-order valence-electron chi connectivity index (χ0n) is 15.4. The van der Waals surface area contributed by atoms with Gasteiger partial charge in [-0.25, -0.2) is 4.98 Å². The van der Waals surface area contributed by atoms with Gasteiger partial charge in [0.05, 0.1) is 29.4 Å². The average molecular weight is 405 g/mol. The van der Waals surface area contributed by atoms with Crippen molar-refractivity contribution in [1.29, 1.82) is 0 Å². The molecule has 1 aliphatic rings. The quantitative estimate of drug-likeness (QED) is 0.584. The van der Waals surface area contributed by atoms with Crippen molar-refractivity contribution in [2.75, 3.05) is 31.2 Å². The summed E-state index contributed by atoms with van der Waals surface area (Å²) in [6, 6.07) is 4.20. The van der Waals surface area contributed by atoms with Gasteiger partial charge in [-0.3, -0.25) is 30.6 Å². The van der Waals surface area contributed by atoms with Crippen LogP contribution in [0, 0.1) is 24.0 Å². The van der Waals surface area contributed by atoms with Crippen LogP contribution in [0.4, 0.5) is 10.8 Å². The molecule has 0 unspecified atom stereocenters. The maximum absolute atomic E-state index is 12.5. The molecule has 148 valence electrons. The highest BCUT2D eigenvalue weighted by atomic mass is 32.1. The molecule has 10 nitrogen and oxygen atoms in total. The number of rotatable bonds is 4. The first-order valence-corrected chi connectivity index (χ1v) is 9.35. The number of nitro groups is 1. The lowest BCUT2D eigenvalue weighted by molar-refractivity contribution is -0.385. The number of carbonyl (C=O) groups excluding carboxylic acids is 2. The van der Waals surface area contributed by atoms with E-state index in [1.54, 1.807) is 6.92 Å². The van der Waals surface area contributed by atoms with Crippen molar-refractivity contribution in [1.82, 2.24) is 15.8 Å². The number of nitrogens with zero attached hydrogens (tertiary/aromatic N) is 3. The lowest BCUT2D eigenvalue weighted by Gasteiger charge is -2.25. The molecule has 0 atom stereocenters. The Morgan fingerprint density at radius 1 is 1.21 bits per heavy atom. The minimum absolute atomic E-state index is 0.115. The van der Waals surface area contributed by atoms with E-state index in [4.69, 9.17) is 4.74 Å². The number of carbonyl (C=O) groups is 2. The predicted octanol–water partition coefficient (Wildman–Crippen LogP) is 1.58. The fourth-order valence-electron chi connectivity index (χ4n) is 2.79. The molecule has 2 heterocycles. The van der Waals surface area contributed by atoms with Crippen molar-refractivity contribution >= 4 is 34.0 Å². The fourth-order valence-corrected chi connectivity index (χ4v) is 3.80. The van der Waals surface area contributed by atoms with E-state index in [1.165, 1.54) is 36.5 Å². The predicted molar refractivity (Wildman–Crippen MR) is 103 cm³/mol. The van der Waals surface area contributed by atoms with E-state index in [0.717, 1.165) is 5.13 Å². The monoisotopic (exact) mass is 405 g/mol. The zero-order chi connectivity index (χ0) is 20.3. The van der Waals surface area contributed by atoms with E-state index in [0.29, 0.717) is 36.9 Å². The van der Waals surface area contributed by atoms with Crippen LogP contribution in [0.1, 0.15) is 31.3 Å². The second-order valence-corrected chi connectivity index (χ2v) is 7.10. The van der Waals surface area contributed by atoms with Gasteiger partial charge in [0.2, 0.25) is 0 Å². The molecule has 1 saturated heterocycles. The van der Waals surface area contributed by atoms with Crippen LogP contribution in [0.2, 0.25) is 0 Å². The van der Waals surface area contributed by atoms with Gasteiger partial charge in [-0.2, -0.15) is 0 Å². The highest BCUT2D eigenvalue weighted by molar-refractivity contribution is 7.17. The molecular weight excluding hydrogens is 386 g/mol. The van der Waals surface area contributed by atoms with Gasteiger partial charge in [0.15, 0.2) is 5.13 Å². The molecule has 0 bridgehead atoms. The lowest BCUT2D eigenvalue weighted by Crippen LogP contribution is -2.41. The van der Waals surface area contributed by atoms with Gasteiger partial charge in [-0.05, 0) is 19.9 Å². The Bertz CT molecular complexity index is 923. The van der Waals surface area contributed by atoms with Crippen molar-refractivity contribution in [3.05, 3.63) is 50.0 Å². The number of amides is 2. The maximum atomic E-state index is 12.5. The Labute approximate surface area is 164 Å². The Kier molecular flexibility index (Phi) is 5.85. The van der Waals surface area contributed by atoms with Crippen molar-refractivity contribution in [2.45, 2.75) is 13.8 Å². The fraction of sp³-hybridized carbons (Fsp3) is 0.353. The van der Waals surface area contributed by atoms with Gasteiger partial charge in [0.25, 0.3) is 17.5 Å². The van der Waals surface area contributed by atoms with Crippen LogP contribution in [0.3, 0.4) is 0 Å². The highest BCUT2D eigenvalue weighted by Gasteiger charge is 2.22. The molecule has 0 saturated carbocycles. The number of anilines is 1. The Balaban J connectivity index is 1.67. The third kappa shape index (κ3) is 4.10. The van der Waals surface area contributed by atoms with Crippen LogP contribution in [-0.4, -0.2) is 48.0 Å². The minimum atomic E-state index is -0.634. The van der Waals surface area contributed by atoms with E-state index < -0.39 is 16.7 Å². The van der Waals surface area contributed by atoms with Gasteiger partial charge in [0.1, 0.15) is 4.88 Å². The van der Waals surface area contributed by atoms with Gasteiger partial charge in [-0.1, -0.05) is 17.4 Å². The molecule has 11 heteroatoms. The summed E-state index contributed by atoms with van der Waals surface area (Å²) in [5.41, 5.74) is 5.39. The third-order valence-corrected chi connectivity index (χ3v) is 5.53. The summed E-state index contributed by atoms with van der Waals surface area (Å²) in [4.78, 5) is 42.1. The largest absolute Gasteiger partial charge is 0.378 e. The summed E-state index contributed by atoms with van der Waals surface area (Å²) >= 11 is 1.24. The molecule has 2 N–H and O–H groups in total. The lowest BCUT2D eigenvalue weighted by atomic mass is 10.1. The minimum Gasteiger partial charge on any atom is -0.378 e. The number of hydrogen-bond acceptors (Lipinski definition) is 8. The molecule has 0 aliphatic carbocycles. The van der Waals surface area contributed by atoms with Gasteiger partial charge >= 0.3 is 0 Å². The number of aromatic nitrogens is 1. The van der Waals surface area contributed by atoms with Crippen molar-refractivity contribution in [2.24, 2.45) is 0 Å². The standard InChI is InChI=1S/C17H19N5O5S/c1-10-12(4-3-5-13(10)22(25)26)15(23)19-20-16(24)14-11(2)18-17(28-14)21-6-8-27-9-7-21/h3-5H,6-9H2,1-2H3,(H,19,23)(H,20,24). The van der Waals surface area contributed by atoms with Crippen molar-refractivity contribution in [3.63, 3.8) is 0 Å². The number of morpholine rings is 1. The molecule has 0 radical (unpaired) electrons.